The van der Waals surface area contributed by atoms with Crippen LogP contribution in [0.25, 0.3) is 0 Å². The summed E-state index contributed by atoms with van der Waals surface area (Å²) in [5.41, 5.74) is 3.12. The Balaban J connectivity index is 1.80. The van der Waals surface area contributed by atoms with E-state index in [0.717, 1.165) is 18.5 Å². The summed E-state index contributed by atoms with van der Waals surface area (Å²) in [4.78, 5) is 26.9. The number of Topliss-reactive ketones (excluding diaryl/α,β-unsaturated/α-hetero) is 1. The number of benzene rings is 1. The molecule has 3 aliphatic rings. The number of dihydropyridines is 1. The molecule has 0 saturated carbocycles. The maximum atomic E-state index is 13.5. The van der Waals surface area contributed by atoms with Crippen molar-refractivity contribution in [3.05, 3.63) is 46.3 Å². The average molecular weight is 456 g/mol. The molecule has 0 aromatic heterocycles. The minimum atomic E-state index is -0.605. The number of nitrogens with one attached hydrogen (secondary N) is 1. The number of carbonyl (C=O) groups is 2. The van der Waals surface area contributed by atoms with Crippen LogP contribution in [-0.4, -0.2) is 45.3 Å². The number of ketones is 1. The fourth-order valence-electron chi connectivity index (χ4n) is 5.18. The lowest BCUT2D eigenvalue weighted by Gasteiger charge is -2.39. The molecule has 178 valence electrons. The number of hydrogen-bond acceptors (Lipinski definition) is 7. The van der Waals surface area contributed by atoms with E-state index < -0.39 is 11.9 Å². The highest BCUT2D eigenvalue weighted by atomic mass is 16.6. The molecular weight excluding hydrogens is 422 g/mol. The lowest BCUT2D eigenvalue weighted by Crippen LogP contribution is -2.39. The second-order valence-electron chi connectivity index (χ2n) is 9.75. The highest BCUT2D eigenvalue weighted by Gasteiger charge is 2.44. The van der Waals surface area contributed by atoms with Gasteiger partial charge < -0.3 is 24.3 Å². The fraction of sp³-hybridized carbons (Fsp3) is 0.538. The standard InChI is InChI=1S/C26H33NO6/c1-15-21(25(29)33-14-16-8-7-11-32-16)22(17-9-6-10-20(30-4)24(17)31-5)23-18(27-15)12-26(2,3)13-19(23)28/h6,9-10,16,22,27H,7-8,11-14H2,1-5H3/t16-,22+/m1/s1. The first kappa shape index (κ1) is 23.4. The summed E-state index contributed by atoms with van der Waals surface area (Å²) < 4.78 is 22.5. The molecule has 1 N–H and O–H groups in total. The van der Waals surface area contributed by atoms with E-state index in [1.54, 1.807) is 20.3 Å². The van der Waals surface area contributed by atoms with Crippen molar-refractivity contribution in [3.8, 4) is 11.5 Å². The van der Waals surface area contributed by atoms with Crippen LogP contribution >= 0.6 is 0 Å². The molecule has 2 atom stereocenters. The highest BCUT2D eigenvalue weighted by molar-refractivity contribution is 6.04. The Morgan fingerprint density at radius 2 is 2.00 bits per heavy atom. The van der Waals surface area contributed by atoms with Crippen molar-refractivity contribution in [2.45, 2.75) is 58.5 Å². The summed E-state index contributed by atoms with van der Waals surface area (Å²) in [7, 11) is 3.14. The van der Waals surface area contributed by atoms with Crippen molar-refractivity contribution < 1.29 is 28.5 Å². The molecule has 33 heavy (non-hydrogen) atoms. The molecule has 0 unspecified atom stereocenters. The zero-order chi connectivity index (χ0) is 23.8. The van der Waals surface area contributed by atoms with E-state index in [0.29, 0.717) is 53.4 Å². The highest BCUT2D eigenvalue weighted by Crippen LogP contribution is 2.50. The van der Waals surface area contributed by atoms with E-state index in [1.165, 1.54) is 0 Å². The molecule has 7 heteroatoms. The number of esters is 1. The molecule has 1 fully saturated rings. The molecule has 1 aromatic rings. The minimum absolute atomic E-state index is 0.0283. The van der Waals surface area contributed by atoms with Crippen LogP contribution in [-0.2, 0) is 19.1 Å². The largest absolute Gasteiger partial charge is 0.493 e. The molecule has 1 saturated heterocycles. The van der Waals surface area contributed by atoms with Gasteiger partial charge in [-0.3, -0.25) is 4.79 Å². The quantitative estimate of drug-likeness (QED) is 0.649. The molecule has 2 aliphatic heterocycles. The lowest BCUT2D eigenvalue weighted by atomic mass is 9.68. The van der Waals surface area contributed by atoms with Gasteiger partial charge in [0.2, 0.25) is 0 Å². The van der Waals surface area contributed by atoms with E-state index in [2.05, 4.69) is 19.2 Å². The SMILES string of the molecule is COc1cccc([C@H]2C(C(=O)OC[C@H]3CCCO3)=C(C)NC3=C2C(=O)CC(C)(C)C3)c1OC. The molecule has 4 rings (SSSR count). The van der Waals surface area contributed by atoms with E-state index in [9.17, 15) is 9.59 Å². The van der Waals surface area contributed by atoms with Crippen LogP contribution in [0.1, 0.15) is 57.9 Å². The first-order valence-corrected chi connectivity index (χ1v) is 11.5. The van der Waals surface area contributed by atoms with Crippen LogP contribution in [0.15, 0.2) is 40.7 Å². The second-order valence-corrected chi connectivity index (χ2v) is 9.75. The topological polar surface area (TPSA) is 83.1 Å². The number of methoxy groups -OCH3 is 2. The van der Waals surface area contributed by atoms with Gasteiger partial charge in [0.25, 0.3) is 0 Å². The molecule has 0 amide bonds. The zero-order valence-corrected chi connectivity index (χ0v) is 20.1. The molecular formula is C26H33NO6. The number of allylic oxidation sites excluding steroid dienone is 3. The predicted octanol–water partition coefficient (Wildman–Crippen LogP) is 4.03. The zero-order valence-electron chi connectivity index (χ0n) is 20.1. The molecule has 2 heterocycles. The summed E-state index contributed by atoms with van der Waals surface area (Å²) in [6.07, 6.45) is 2.89. The summed E-state index contributed by atoms with van der Waals surface area (Å²) in [5.74, 6) is 0.0274. The van der Waals surface area contributed by atoms with Crippen LogP contribution in [0, 0.1) is 5.41 Å². The van der Waals surface area contributed by atoms with Gasteiger partial charge in [-0.15, -0.1) is 0 Å². The van der Waals surface area contributed by atoms with Gasteiger partial charge in [-0.1, -0.05) is 26.0 Å². The Hall–Kier alpha value is -2.80. The monoisotopic (exact) mass is 455 g/mol. The third-order valence-corrected chi connectivity index (χ3v) is 6.63. The third-order valence-electron chi connectivity index (χ3n) is 6.63. The van der Waals surface area contributed by atoms with Crippen molar-refractivity contribution in [2.24, 2.45) is 5.41 Å². The van der Waals surface area contributed by atoms with E-state index in [1.807, 2.05) is 19.1 Å². The van der Waals surface area contributed by atoms with Crippen molar-refractivity contribution in [1.29, 1.82) is 0 Å². The Morgan fingerprint density at radius 1 is 1.21 bits per heavy atom. The average Bonchev–Trinajstić information content (AvgIpc) is 3.28. The Morgan fingerprint density at radius 3 is 2.67 bits per heavy atom. The van der Waals surface area contributed by atoms with Gasteiger partial charge >= 0.3 is 5.97 Å². The first-order valence-electron chi connectivity index (χ1n) is 11.5. The summed E-state index contributed by atoms with van der Waals surface area (Å²) in [5, 5.41) is 3.36. The normalized spacial score (nSPS) is 24.3. The van der Waals surface area contributed by atoms with Gasteiger partial charge in [0.15, 0.2) is 17.3 Å². The maximum Gasteiger partial charge on any atom is 0.336 e. The van der Waals surface area contributed by atoms with Crippen molar-refractivity contribution >= 4 is 11.8 Å². The fourth-order valence-corrected chi connectivity index (χ4v) is 5.18. The minimum Gasteiger partial charge on any atom is -0.493 e. The van der Waals surface area contributed by atoms with Gasteiger partial charge in [-0.2, -0.15) is 0 Å². The van der Waals surface area contributed by atoms with E-state index >= 15 is 0 Å². The van der Waals surface area contributed by atoms with Crippen molar-refractivity contribution in [2.75, 3.05) is 27.4 Å². The number of ether oxygens (including phenoxy) is 4. The van der Waals surface area contributed by atoms with Crippen molar-refractivity contribution in [1.82, 2.24) is 5.32 Å². The van der Waals surface area contributed by atoms with Gasteiger partial charge in [-0.25, -0.2) is 4.79 Å². The van der Waals surface area contributed by atoms with Crippen LogP contribution in [0.3, 0.4) is 0 Å². The van der Waals surface area contributed by atoms with Gasteiger partial charge in [0, 0.05) is 35.6 Å². The van der Waals surface area contributed by atoms with Crippen LogP contribution in [0.2, 0.25) is 0 Å². The summed E-state index contributed by atoms with van der Waals surface area (Å²) in [6.45, 7) is 6.92. The first-order chi connectivity index (χ1) is 15.8. The Kier molecular flexibility index (Phi) is 6.52. The summed E-state index contributed by atoms with van der Waals surface area (Å²) in [6, 6.07) is 5.53. The number of hydrogen-bond donors (Lipinski definition) is 1. The van der Waals surface area contributed by atoms with Crippen LogP contribution in [0.5, 0.6) is 11.5 Å². The molecule has 0 bridgehead atoms. The smallest absolute Gasteiger partial charge is 0.336 e. The molecule has 0 spiro atoms. The van der Waals surface area contributed by atoms with Crippen LogP contribution in [0.4, 0.5) is 0 Å². The number of para-hydroxylation sites is 1. The Labute approximate surface area is 195 Å². The summed E-state index contributed by atoms with van der Waals surface area (Å²) >= 11 is 0. The van der Waals surface area contributed by atoms with E-state index in [-0.39, 0.29) is 23.9 Å². The predicted molar refractivity (Wildman–Crippen MR) is 123 cm³/mol. The van der Waals surface area contributed by atoms with Gasteiger partial charge in [0.1, 0.15) is 6.61 Å². The van der Waals surface area contributed by atoms with Gasteiger partial charge in [0.05, 0.1) is 31.8 Å². The molecule has 7 nitrogen and oxygen atoms in total. The van der Waals surface area contributed by atoms with E-state index in [4.69, 9.17) is 18.9 Å². The van der Waals surface area contributed by atoms with Gasteiger partial charge in [-0.05, 0) is 37.7 Å². The Bertz CT molecular complexity index is 1020. The lowest BCUT2D eigenvalue weighted by molar-refractivity contribution is -0.142. The number of rotatable bonds is 6. The third kappa shape index (κ3) is 4.51. The maximum absolute atomic E-state index is 13.5. The second kappa shape index (κ2) is 9.21. The number of carbonyl (C=O) groups excluding carboxylic acids is 2. The molecule has 1 aliphatic carbocycles. The molecule has 0 radical (unpaired) electrons. The molecule has 1 aromatic carbocycles. The van der Waals surface area contributed by atoms with Crippen LogP contribution < -0.4 is 14.8 Å². The van der Waals surface area contributed by atoms with Crippen molar-refractivity contribution in [3.63, 3.8) is 0 Å².